The molecule has 0 fully saturated rings. The third kappa shape index (κ3) is 2.80. The highest BCUT2D eigenvalue weighted by atomic mass is 14.9. The minimum absolute atomic E-state index is 0.504. The van der Waals surface area contributed by atoms with Crippen molar-refractivity contribution in [1.29, 1.82) is 5.26 Å². The molecule has 0 aliphatic carbocycles. The van der Waals surface area contributed by atoms with Crippen LogP contribution in [0.5, 0.6) is 0 Å². The molecule has 0 heterocycles. The minimum atomic E-state index is 0.504. The van der Waals surface area contributed by atoms with Gasteiger partial charge in [0.25, 0.3) is 0 Å². The predicted molar refractivity (Wildman–Crippen MR) is 74.1 cm³/mol. The maximum Gasteiger partial charge on any atom is 0.101 e. The highest BCUT2D eigenvalue weighted by Crippen LogP contribution is 2.17. The van der Waals surface area contributed by atoms with E-state index in [1.165, 1.54) is 11.1 Å². The second kappa shape index (κ2) is 5.24. The number of hydrogen-bond acceptors (Lipinski definition) is 3. The molecular weight excluding hydrogens is 222 g/mol. The molecule has 0 aromatic heterocycles. The van der Waals surface area contributed by atoms with E-state index in [4.69, 9.17) is 11.0 Å². The van der Waals surface area contributed by atoms with Crippen molar-refractivity contribution in [2.24, 2.45) is 0 Å². The maximum absolute atomic E-state index is 8.91. The number of benzene rings is 2. The van der Waals surface area contributed by atoms with Gasteiger partial charge in [0.1, 0.15) is 6.07 Å². The first-order valence-corrected chi connectivity index (χ1v) is 5.78. The normalized spacial score (nSPS) is 9.78. The van der Waals surface area contributed by atoms with E-state index in [1.54, 1.807) is 12.1 Å². The second-order valence-electron chi connectivity index (χ2n) is 4.26. The molecule has 2 aromatic carbocycles. The standard InChI is InChI=1S/C15H15N3/c1-11-3-2-4-12(7-11)10-18-14-5-6-15(17)13(8-14)9-16/h2-8,18H,10,17H2,1H3. The van der Waals surface area contributed by atoms with Crippen LogP contribution in [0.2, 0.25) is 0 Å². The fraction of sp³-hybridized carbons (Fsp3) is 0.133. The van der Waals surface area contributed by atoms with Gasteiger partial charge in [0.2, 0.25) is 0 Å². The fourth-order valence-electron chi connectivity index (χ4n) is 1.79. The summed E-state index contributed by atoms with van der Waals surface area (Å²) in [5, 5.41) is 12.2. The van der Waals surface area contributed by atoms with E-state index >= 15 is 0 Å². The molecule has 3 nitrogen and oxygen atoms in total. The number of aryl methyl sites for hydroxylation is 1. The van der Waals surface area contributed by atoms with Crippen LogP contribution in [-0.4, -0.2) is 0 Å². The summed E-state index contributed by atoms with van der Waals surface area (Å²) in [6.45, 7) is 2.80. The number of nitriles is 1. The SMILES string of the molecule is Cc1cccc(CNc2ccc(N)c(C#N)c2)c1. The Morgan fingerprint density at radius 3 is 2.78 bits per heavy atom. The van der Waals surface area contributed by atoms with Gasteiger partial charge in [-0.05, 0) is 30.7 Å². The zero-order valence-corrected chi connectivity index (χ0v) is 10.3. The Balaban J connectivity index is 2.09. The van der Waals surface area contributed by atoms with Crippen LogP contribution in [0.4, 0.5) is 11.4 Å². The monoisotopic (exact) mass is 237 g/mol. The van der Waals surface area contributed by atoms with Crippen LogP contribution >= 0.6 is 0 Å². The van der Waals surface area contributed by atoms with Gasteiger partial charge < -0.3 is 11.1 Å². The molecule has 0 aliphatic heterocycles. The quantitative estimate of drug-likeness (QED) is 0.806. The highest BCUT2D eigenvalue weighted by molar-refractivity contribution is 5.61. The Bertz CT molecular complexity index is 597. The van der Waals surface area contributed by atoms with Crippen molar-refractivity contribution < 1.29 is 0 Å². The van der Waals surface area contributed by atoms with E-state index in [0.29, 0.717) is 11.3 Å². The van der Waals surface area contributed by atoms with Crippen LogP contribution in [0.1, 0.15) is 16.7 Å². The van der Waals surface area contributed by atoms with Gasteiger partial charge in [-0.3, -0.25) is 0 Å². The molecular formula is C15H15N3. The molecule has 3 N–H and O–H groups in total. The average molecular weight is 237 g/mol. The Kier molecular flexibility index (Phi) is 3.49. The molecule has 0 unspecified atom stereocenters. The van der Waals surface area contributed by atoms with E-state index in [9.17, 15) is 0 Å². The molecule has 0 spiro atoms. The lowest BCUT2D eigenvalue weighted by Gasteiger charge is -2.08. The summed E-state index contributed by atoms with van der Waals surface area (Å²) in [6, 6.07) is 15.8. The number of hydrogen-bond donors (Lipinski definition) is 2. The van der Waals surface area contributed by atoms with Gasteiger partial charge in [0, 0.05) is 17.9 Å². The molecule has 2 aromatic rings. The van der Waals surface area contributed by atoms with E-state index in [0.717, 1.165) is 12.2 Å². The molecule has 0 atom stereocenters. The third-order valence-corrected chi connectivity index (χ3v) is 2.75. The molecule has 0 saturated carbocycles. The van der Waals surface area contributed by atoms with E-state index < -0.39 is 0 Å². The molecule has 2 rings (SSSR count). The largest absolute Gasteiger partial charge is 0.398 e. The van der Waals surface area contributed by atoms with Crippen molar-refractivity contribution >= 4 is 11.4 Å². The lowest BCUT2D eigenvalue weighted by molar-refractivity contribution is 1.14. The first-order valence-electron chi connectivity index (χ1n) is 5.78. The Labute approximate surface area is 107 Å². The van der Waals surface area contributed by atoms with Crippen molar-refractivity contribution in [3.63, 3.8) is 0 Å². The number of nitrogens with two attached hydrogens (primary N) is 1. The van der Waals surface area contributed by atoms with Gasteiger partial charge in [-0.2, -0.15) is 5.26 Å². The van der Waals surface area contributed by atoms with Crippen LogP contribution in [0.3, 0.4) is 0 Å². The summed E-state index contributed by atoms with van der Waals surface area (Å²) in [6.07, 6.45) is 0. The van der Waals surface area contributed by atoms with Gasteiger partial charge >= 0.3 is 0 Å². The van der Waals surface area contributed by atoms with Crippen molar-refractivity contribution in [2.45, 2.75) is 13.5 Å². The van der Waals surface area contributed by atoms with Crippen LogP contribution < -0.4 is 11.1 Å². The topological polar surface area (TPSA) is 61.8 Å². The van der Waals surface area contributed by atoms with E-state index in [2.05, 4.69) is 36.5 Å². The third-order valence-electron chi connectivity index (χ3n) is 2.75. The Morgan fingerprint density at radius 2 is 2.06 bits per heavy atom. The lowest BCUT2D eigenvalue weighted by Crippen LogP contribution is -2.00. The van der Waals surface area contributed by atoms with Gasteiger partial charge in [-0.15, -0.1) is 0 Å². The summed E-state index contributed by atoms with van der Waals surface area (Å²) in [7, 11) is 0. The van der Waals surface area contributed by atoms with Crippen molar-refractivity contribution in [2.75, 3.05) is 11.1 Å². The predicted octanol–water partition coefficient (Wildman–Crippen LogP) is 3.06. The maximum atomic E-state index is 8.91. The molecule has 0 saturated heterocycles. The summed E-state index contributed by atoms with van der Waals surface area (Å²) >= 11 is 0. The summed E-state index contributed by atoms with van der Waals surface area (Å²) < 4.78 is 0. The fourth-order valence-corrected chi connectivity index (χ4v) is 1.79. The molecule has 0 aliphatic rings. The van der Waals surface area contributed by atoms with E-state index in [1.807, 2.05) is 12.1 Å². The smallest absolute Gasteiger partial charge is 0.101 e. The zero-order chi connectivity index (χ0) is 13.0. The molecule has 3 heteroatoms. The Hall–Kier alpha value is -2.47. The zero-order valence-electron chi connectivity index (χ0n) is 10.3. The van der Waals surface area contributed by atoms with Crippen molar-refractivity contribution in [1.82, 2.24) is 0 Å². The highest BCUT2D eigenvalue weighted by Gasteiger charge is 2.00. The first kappa shape index (κ1) is 12.0. The van der Waals surface area contributed by atoms with Gasteiger partial charge in [-0.25, -0.2) is 0 Å². The molecule has 0 bridgehead atoms. The van der Waals surface area contributed by atoms with Crippen molar-refractivity contribution in [3.8, 4) is 6.07 Å². The summed E-state index contributed by atoms with van der Waals surface area (Å²) in [5.74, 6) is 0. The summed E-state index contributed by atoms with van der Waals surface area (Å²) in [5.41, 5.74) is 10.1. The van der Waals surface area contributed by atoms with E-state index in [-0.39, 0.29) is 0 Å². The second-order valence-corrected chi connectivity index (χ2v) is 4.26. The molecule has 90 valence electrons. The number of nitrogens with zero attached hydrogens (tertiary/aromatic N) is 1. The van der Waals surface area contributed by atoms with Gasteiger partial charge in [0.05, 0.1) is 5.56 Å². The number of nitrogens with one attached hydrogen (secondary N) is 1. The molecule has 0 amide bonds. The first-order chi connectivity index (χ1) is 8.69. The average Bonchev–Trinajstić information content (AvgIpc) is 2.38. The number of nitrogen functional groups attached to an aromatic ring is 1. The Morgan fingerprint density at radius 1 is 1.22 bits per heavy atom. The molecule has 18 heavy (non-hydrogen) atoms. The summed E-state index contributed by atoms with van der Waals surface area (Å²) in [4.78, 5) is 0. The number of anilines is 2. The minimum Gasteiger partial charge on any atom is -0.398 e. The number of rotatable bonds is 3. The van der Waals surface area contributed by atoms with Crippen LogP contribution in [0, 0.1) is 18.3 Å². The lowest BCUT2D eigenvalue weighted by atomic mass is 10.1. The van der Waals surface area contributed by atoms with Crippen LogP contribution in [-0.2, 0) is 6.54 Å². The van der Waals surface area contributed by atoms with Gasteiger partial charge in [0.15, 0.2) is 0 Å². The van der Waals surface area contributed by atoms with Gasteiger partial charge in [-0.1, -0.05) is 29.8 Å². The van der Waals surface area contributed by atoms with Crippen LogP contribution in [0.15, 0.2) is 42.5 Å². The molecule has 0 radical (unpaired) electrons. The van der Waals surface area contributed by atoms with Crippen LogP contribution in [0.25, 0.3) is 0 Å². The van der Waals surface area contributed by atoms with Crippen molar-refractivity contribution in [3.05, 3.63) is 59.2 Å².